The van der Waals surface area contributed by atoms with Crippen molar-refractivity contribution >= 4 is 33.3 Å². The monoisotopic (exact) mass is 898 g/mol. The number of hydrogen-bond donors (Lipinski definition) is 1. The van der Waals surface area contributed by atoms with Crippen molar-refractivity contribution < 1.29 is 37.3 Å². The van der Waals surface area contributed by atoms with Crippen LogP contribution in [0.3, 0.4) is 0 Å². The fraction of sp³-hybridized carbons (Fsp3) is 0.471. The molecule has 0 bridgehead atoms. The second kappa shape index (κ2) is 19.7. The van der Waals surface area contributed by atoms with Crippen molar-refractivity contribution in [3.05, 3.63) is 130 Å². The van der Waals surface area contributed by atoms with Crippen molar-refractivity contribution in [2.24, 2.45) is 11.8 Å². The van der Waals surface area contributed by atoms with Gasteiger partial charge in [0, 0.05) is 36.6 Å². The van der Waals surface area contributed by atoms with Crippen LogP contribution >= 0.6 is 11.6 Å². The van der Waals surface area contributed by atoms with Gasteiger partial charge in [-0.25, -0.2) is 13.2 Å². The van der Waals surface area contributed by atoms with E-state index in [1.54, 1.807) is 31.5 Å². The number of ether oxygens (including phenoxy) is 4. The fourth-order valence-electron chi connectivity index (χ4n) is 9.35. The van der Waals surface area contributed by atoms with Crippen molar-refractivity contribution in [1.29, 1.82) is 0 Å². The van der Waals surface area contributed by atoms with E-state index in [1.165, 1.54) is 11.1 Å². The maximum absolute atomic E-state index is 14.2. The number of esters is 1. The predicted octanol–water partition coefficient (Wildman–Crippen LogP) is 9.93. The molecule has 2 aliphatic carbocycles. The molecule has 1 spiro atoms. The predicted molar refractivity (Wildman–Crippen MR) is 250 cm³/mol. The summed E-state index contributed by atoms with van der Waals surface area (Å²) < 4.78 is 53.0. The van der Waals surface area contributed by atoms with Crippen LogP contribution in [0.15, 0.2) is 97.1 Å². The molecule has 4 aromatic carbocycles. The van der Waals surface area contributed by atoms with Gasteiger partial charge < -0.3 is 29.0 Å². The molecule has 0 radical (unpaired) electrons. The summed E-state index contributed by atoms with van der Waals surface area (Å²) in [5.74, 6) is 1.98. The fourth-order valence-corrected chi connectivity index (χ4v) is 11.1. The molecule has 3 aliphatic rings. The molecule has 0 aromatic heterocycles. The van der Waals surface area contributed by atoms with Crippen molar-refractivity contribution in [3.63, 3.8) is 0 Å². The maximum atomic E-state index is 14.2. The zero-order valence-corrected chi connectivity index (χ0v) is 39.1. The molecular weight excluding hydrogens is 836 g/mol. The van der Waals surface area contributed by atoms with Crippen LogP contribution in [0.1, 0.15) is 98.8 Å². The standard InChI is InChI=1S/C51H63ClN2O8S/c1-35(63(57,58)54(30-36-13-20-42(59-5)21-14-36)31-37-15-22-43(60-6)23-16-37)10-7-8-12-47(55)44-24-17-40(44)32-53-33-51(27-9-11-38-28-41(52)19-25-45(38)51)34-61-48-26-18-39(29-46(48)53)49(56)62-50(2,3)4/h8,12-16,18-23,25-26,28-29,35,40,44,47,55H,7,9-11,17,24,27,30-34H2,1-6H3/b12-8+/t35?,40-,44+,47?,51-/m0/s1. The van der Waals surface area contributed by atoms with Crippen molar-refractivity contribution in [3.8, 4) is 17.2 Å². The van der Waals surface area contributed by atoms with Gasteiger partial charge in [-0.05, 0) is 161 Å². The van der Waals surface area contributed by atoms with Gasteiger partial charge in [0.2, 0.25) is 10.0 Å². The Morgan fingerprint density at radius 3 is 2.24 bits per heavy atom. The molecule has 1 aliphatic heterocycles. The number of aryl methyl sites for hydroxylation is 1. The topological polar surface area (TPSA) is 115 Å². The van der Waals surface area contributed by atoms with Gasteiger partial charge in [-0.1, -0.05) is 54.1 Å². The second-order valence-corrected chi connectivity index (χ2v) is 21.4. The Kier molecular flexibility index (Phi) is 14.5. The summed E-state index contributed by atoms with van der Waals surface area (Å²) >= 11 is 6.49. The third-order valence-corrected chi connectivity index (χ3v) is 15.5. The van der Waals surface area contributed by atoms with E-state index in [4.69, 9.17) is 30.5 Å². The molecule has 5 atom stereocenters. The molecule has 1 saturated carbocycles. The molecule has 7 rings (SSSR count). The number of aliphatic hydroxyl groups is 1. The molecule has 1 heterocycles. The van der Waals surface area contributed by atoms with E-state index >= 15 is 0 Å². The van der Waals surface area contributed by atoms with Gasteiger partial charge in [-0.15, -0.1) is 0 Å². The molecule has 2 unspecified atom stereocenters. The molecule has 1 N–H and O–H groups in total. The molecule has 10 nitrogen and oxygen atoms in total. The normalized spacial score (nSPS) is 20.9. The van der Waals surface area contributed by atoms with E-state index in [0.717, 1.165) is 59.7 Å². The van der Waals surface area contributed by atoms with E-state index in [2.05, 4.69) is 17.0 Å². The van der Waals surface area contributed by atoms with Crippen LogP contribution < -0.4 is 19.1 Å². The highest BCUT2D eigenvalue weighted by Gasteiger charge is 2.44. The summed E-state index contributed by atoms with van der Waals surface area (Å²) in [5, 5.41) is 11.7. The van der Waals surface area contributed by atoms with Crippen LogP contribution in [0.25, 0.3) is 0 Å². The molecular formula is C51H63ClN2O8S. The number of fused-ring (bicyclic) bond motifs is 3. The van der Waals surface area contributed by atoms with Crippen LogP contribution in [0, 0.1) is 11.8 Å². The van der Waals surface area contributed by atoms with Crippen LogP contribution in [-0.2, 0) is 39.7 Å². The summed E-state index contributed by atoms with van der Waals surface area (Å²) in [6.45, 7) is 9.68. The van der Waals surface area contributed by atoms with Gasteiger partial charge in [0.25, 0.3) is 0 Å². The number of hydrogen-bond acceptors (Lipinski definition) is 9. The highest BCUT2D eigenvalue weighted by Crippen LogP contribution is 2.47. The van der Waals surface area contributed by atoms with Gasteiger partial charge >= 0.3 is 5.97 Å². The van der Waals surface area contributed by atoms with Crippen molar-refractivity contribution in [2.75, 3.05) is 38.8 Å². The van der Waals surface area contributed by atoms with Gasteiger partial charge in [0.1, 0.15) is 22.8 Å². The molecule has 338 valence electrons. The van der Waals surface area contributed by atoms with E-state index in [1.807, 2.05) is 99.7 Å². The van der Waals surface area contributed by atoms with Crippen molar-refractivity contribution in [1.82, 2.24) is 4.31 Å². The largest absolute Gasteiger partial charge is 0.497 e. The first-order valence-corrected chi connectivity index (χ1v) is 24.1. The third kappa shape index (κ3) is 11.0. The van der Waals surface area contributed by atoms with Gasteiger partial charge in [-0.3, -0.25) is 0 Å². The Morgan fingerprint density at radius 2 is 1.63 bits per heavy atom. The zero-order chi connectivity index (χ0) is 44.9. The number of allylic oxidation sites excluding steroid dienone is 1. The second-order valence-electron chi connectivity index (χ2n) is 18.6. The minimum Gasteiger partial charge on any atom is -0.497 e. The number of sulfonamides is 1. The number of carbonyl (C=O) groups excluding carboxylic acids is 1. The van der Waals surface area contributed by atoms with Crippen LogP contribution in [0.4, 0.5) is 5.69 Å². The number of benzene rings is 4. The number of nitrogens with zero attached hydrogens (tertiary/aromatic N) is 2. The van der Waals surface area contributed by atoms with Crippen LogP contribution in [-0.4, -0.2) is 74.7 Å². The lowest BCUT2D eigenvalue weighted by atomic mass is 9.68. The number of methoxy groups -OCH3 is 2. The quantitative estimate of drug-likeness (QED) is 0.0867. The molecule has 0 saturated heterocycles. The van der Waals surface area contributed by atoms with E-state index in [0.29, 0.717) is 49.6 Å². The highest BCUT2D eigenvalue weighted by molar-refractivity contribution is 7.89. The number of rotatable bonds is 16. The Bertz CT molecular complexity index is 2300. The van der Waals surface area contributed by atoms with Gasteiger partial charge in [0.15, 0.2) is 0 Å². The lowest BCUT2D eigenvalue weighted by Crippen LogP contribution is -2.49. The average Bonchev–Trinajstić information content (AvgIpc) is 3.39. The molecule has 1 fully saturated rings. The zero-order valence-electron chi connectivity index (χ0n) is 37.5. The first kappa shape index (κ1) is 46.4. The maximum Gasteiger partial charge on any atom is 0.338 e. The van der Waals surface area contributed by atoms with Gasteiger partial charge in [0.05, 0.1) is 43.4 Å². The Labute approximate surface area is 379 Å². The Morgan fingerprint density at radius 1 is 0.968 bits per heavy atom. The Hall–Kier alpha value is -4.55. The smallest absolute Gasteiger partial charge is 0.338 e. The summed E-state index contributed by atoms with van der Waals surface area (Å²) in [5.41, 5.74) is 4.65. The van der Waals surface area contributed by atoms with Crippen LogP contribution in [0.2, 0.25) is 5.02 Å². The summed E-state index contributed by atoms with van der Waals surface area (Å²) in [7, 11) is -0.509. The average molecular weight is 900 g/mol. The number of aliphatic hydroxyl groups excluding tert-OH is 1. The summed E-state index contributed by atoms with van der Waals surface area (Å²) in [4.78, 5) is 15.7. The lowest BCUT2D eigenvalue weighted by Gasteiger charge is -2.45. The lowest BCUT2D eigenvalue weighted by molar-refractivity contribution is 0.00694. The Balaban J connectivity index is 1.04. The SMILES string of the molecule is COc1ccc(CN(Cc2ccc(OC)cc2)S(=O)(=O)C(C)CC/C=C/C(O)[C@@H]2CC[C@H]2CN2C[C@@]3(CCCc4cc(Cl)ccc43)COc3ccc(C(=O)OC(C)(C)C)cc32)cc1. The van der Waals surface area contributed by atoms with E-state index in [-0.39, 0.29) is 36.3 Å². The van der Waals surface area contributed by atoms with Crippen molar-refractivity contribution in [2.45, 2.75) is 108 Å². The van der Waals surface area contributed by atoms with Crippen LogP contribution in [0.5, 0.6) is 17.2 Å². The minimum absolute atomic E-state index is 0.0296. The molecule has 12 heteroatoms. The number of anilines is 1. The first-order valence-electron chi connectivity index (χ1n) is 22.2. The minimum atomic E-state index is -3.72. The number of carbonyl (C=O) groups is 1. The molecule has 0 amide bonds. The molecule has 4 aromatic rings. The summed E-state index contributed by atoms with van der Waals surface area (Å²) in [6, 6.07) is 26.7. The third-order valence-electron chi connectivity index (χ3n) is 13.0. The van der Waals surface area contributed by atoms with E-state index in [9.17, 15) is 18.3 Å². The highest BCUT2D eigenvalue weighted by atomic mass is 35.5. The molecule has 63 heavy (non-hydrogen) atoms. The first-order chi connectivity index (χ1) is 30.1. The van der Waals surface area contributed by atoms with E-state index < -0.39 is 27.0 Å². The number of halogens is 1. The van der Waals surface area contributed by atoms with Gasteiger partial charge in [-0.2, -0.15) is 4.31 Å². The summed E-state index contributed by atoms with van der Waals surface area (Å²) in [6.07, 6.45) is 8.80.